The van der Waals surface area contributed by atoms with Gasteiger partial charge in [-0.25, -0.2) is 0 Å². The van der Waals surface area contributed by atoms with Crippen LogP contribution in [0.25, 0.3) is 0 Å². The number of halogens is 1. The van der Waals surface area contributed by atoms with Crippen LogP contribution in [0.2, 0.25) is 0 Å². The first-order valence-corrected chi connectivity index (χ1v) is 9.47. The largest absolute Gasteiger partial charge is 0.356 e. The second-order valence-corrected chi connectivity index (χ2v) is 7.11. The minimum absolute atomic E-state index is 0. The van der Waals surface area contributed by atoms with Gasteiger partial charge in [0.15, 0.2) is 5.96 Å². The Labute approximate surface area is 176 Å². The van der Waals surface area contributed by atoms with Crippen LogP contribution in [0.15, 0.2) is 29.3 Å². The SMILES string of the molecule is CN=C(NCCCCN1CCN(C)CC1)N(C)Cc1ccccc1C.I. The van der Waals surface area contributed by atoms with Gasteiger partial charge < -0.3 is 20.0 Å². The zero-order valence-corrected chi connectivity index (χ0v) is 19.2. The van der Waals surface area contributed by atoms with Gasteiger partial charge in [-0.2, -0.15) is 0 Å². The molecule has 1 saturated heterocycles. The first-order valence-electron chi connectivity index (χ1n) is 9.47. The fourth-order valence-electron chi connectivity index (χ4n) is 3.23. The summed E-state index contributed by atoms with van der Waals surface area (Å²) >= 11 is 0. The van der Waals surface area contributed by atoms with Crippen LogP contribution in [0.4, 0.5) is 0 Å². The maximum atomic E-state index is 4.43. The van der Waals surface area contributed by atoms with E-state index in [9.17, 15) is 0 Å². The minimum atomic E-state index is 0. The van der Waals surface area contributed by atoms with Gasteiger partial charge >= 0.3 is 0 Å². The summed E-state index contributed by atoms with van der Waals surface area (Å²) in [7, 11) is 6.17. The summed E-state index contributed by atoms with van der Waals surface area (Å²) in [4.78, 5) is 11.6. The number of piperazine rings is 1. The smallest absolute Gasteiger partial charge is 0.193 e. The van der Waals surface area contributed by atoms with Crippen molar-refractivity contribution in [2.24, 2.45) is 4.99 Å². The summed E-state index contributed by atoms with van der Waals surface area (Å²) < 4.78 is 0. The molecule has 0 aliphatic carbocycles. The summed E-state index contributed by atoms with van der Waals surface area (Å²) in [5.74, 6) is 0.975. The number of benzene rings is 1. The number of unbranched alkanes of at least 4 members (excludes halogenated alkanes) is 1. The maximum Gasteiger partial charge on any atom is 0.193 e. The van der Waals surface area contributed by atoms with E-state index in [1.165, 1.54) is 56.7 Å². The van der Waals surface area contributed by atoms with Gasteiger partial charge in [-0.15, -0.1) is 24.0 Å². The van der Waals surface area contributed by atoms with E-state index in [-0.39, 0.29) is 24.0 Å². The Hall–Kier alpha value is -0.860. The topological polar surface area (TPSA) is 34.1 Å². The third-order valence-corrected chi connectivity index (χ3v) is 5.02. The van der Waals surface area contributed by atoms with Crippen molar-refractivity contribution in [3.63, 3.8) is 0 Å². The molecule has 26 heavy (non-hydrogen) atoms. The van der Waals surface area contributed by atoms with Crippen molar-refractivity contribution in [2.45, 2.75) is 26.3 Å². The lowest BCUT2D eigenvalue weighted by atomic mass is 10.1. The zero-order chi connectivity index (χ0) is 18.1. The number of guanidine groups is 1. The third-order valence-electron chi connectivity index (χ3n) is 5.02. The Kier molecular flexibility index (Phi) is 11.2. The summed E-state index contributed by atoms with van der Waals surface area (Å²) in [5, 5.41) is 3.50. The predicted octanol–water partition coefficient (Wildman–Crippen LogP) is 2.65. The lowest BCUT2D eigenvalue weighted by Gasteiger charge is -2.32. The molecule has 148 valence electrons. The average Bonchev–Trinajstić information content (AvgIpc) is 2.61. The summed E-state index contributed by atoms with van der Waals surface area (Å²) in [5.41, 5.74) is 2.68. The normalized spacial score (nSPS) is 16.2. The highest BCUT2D eigenvalue weighted by Crippen LogP contribution is 2.09. The number of aliphatic imine (C=N–C) groups is 1. The number of likely N-dealkylation sites (N-methyl/N-ethyl adjacent to an activating group) is 1. The van der Waals surface area contributed by atoms with E-state index < -0.39 is 0 Å². The van der Waals surface area contributed by atoms with Gasteiger partial charge in [-0.1, -0.05) is 24.3 Å². The molecule has 0 spiro atoms. The van der Waals surface area contributed by atoms with Crippen molar-refractivity contribution < 1.29 is 0 Å². The Bertz CT molecular complexity index is 541. The van der Waals surface area contributed by atoms with E-state index in [0.717, 1.165) is 19.0 Å². The molecule has 1 aliphatic heterocycles. The van der Waals surface area contributed by atoms with Gasteiger partial charge in [-0.05, 0) is 44.5 Å². The molecular formula is C20H36IN5. The van der Waals surface area contributed by atoms with Crippen LogP contribution in [-0.2, 0) is 6.54 Å². The van der Waals surface area contributed by atoms with E-state index in [2.05, 4.69) is 70.3 Å². The molecule has 0 saturated carbocycles. The molecule has 0 bridgehead atoms. The van der Waals surface area contributed by atoms with Crippen LogP contribution in [-0.4, -0.2) is 81.1 Å². The monoisotopic (exact) mass is 473 g/mol. The Balaban J connectivity index is 0.00000338. The fraction of sp³-hybridized carbons (Fsp3) is 0.650. The highest BCUT2D eigenvalue weighted by molar-refractivity contribution is 14.0. The fourth-order valence-corrected chi connectivity index (χ4v) is 3.23. The van der Waals surface area contributed by atoms with Gasteiger partial charge in [0.1, 0.15) is 0 Å². The second kappa shape index (κ2) is 12.5. The number of rotatable bonds is 7. The lowest BCUT2D eigenvalue weighted by molar-refractivity contribution is 0.152. The lowest BCUT2D eigenvalue weighted by Crippen LogP contribution is -2.44. The number of hydrogen-bond donors (Lipinski definition) is 1. The standard InChI is InChI=1S/C20H35N5.HI/c1-18-9-5-6-10-19(18)17-24(4)20(21-2)22-11-7-8-12-25-15-13-23(3)14-16-25;/h5-6,9-10H,7-8,11-17H2,1-4H3,(H,21,22);1H. The molecule has 1 fully saturated rings. The van der Waals surface area contributed by atoms with Crippen molar-refractivity contribution in [2.75, 3.05) is 60.4 Å². The van der Waals surface area contributed by atoms with Crippen molar-refractivity contribution in [3.05, 3.63) is 35.4 Å². The van der Waals surface area contributed by atoms with Crippen LogP contribution < -0.4 is 5.32 Å². The zero-order valence-electron chi connectivity index (χ0n) is 16.9. The van der Waals surface area contributed by atoms with Crippen LogP contribution >= 0.6 is 24.0 Å². The molecule has 1 aromatic carbocycles. The molecule has 0 atom stereocenters. The van der Waals surface area contributed by atoms with Crippen molar-refractivity contribution in [1.82, 2.24) is 20.0 Å². The van der Waals surface area contributed by atoms with Gasteiger partial charge in [0.25, 0.3) is 0 Å². The Morgan fingerprint density at radius 3 is 2.50 bits per heavy atom. The molecule has 0 unspecified atom stereocenters. The number of nitrogens with one attached hydrogen (secondary N) is 1. The van der Waals surface area contributed by atoms with E-state index >= 15 is 0 Å². The second-order valence-electron chi connectivity index (χ2n) is 7.11. The number of nitrogens with zero attached hydrogens (tertiary/aromatic N) is 4. The van der Waals surface area contributed by atoms with Crippen molar-refractivity contribution >= 4 is 29.9 Å². The molecule has 5 nitrogen and oxygen atoms in total. The average molecular weight is 473 g/mol. The summed E-state index contributed by atoms with van der Waals surface area (Å²) in [6.07, 6.45) is 2.43. The van der Waals surface area contributed by atoms with Crippen LogP contribution in [0, 0.1) is 6.92 Å². The van der Waals surface area contributed by atoms with Crippen LogP contribution in [0.3, 0.4) is 0 Å². The first kappa shape index (κ1) is 23.2. The van der Waals surface area contributed by atoms with E-state index in [1.54, 1.807) is 0 Å². The van der Waals surface area contributed by atoms with Crippen molar-refractivity contribution in [3.8, 4) is 0 Å². The first-order chi connectivity index (χ1) is 12.1. The van der Waals surface area contributed by atoms with Crippen LogP contribution in [0.1, 0.15) is 24.0 Å². The van der Waals surface area contributed by atoms with Gasteiger partial charge in [-0.3, -0.25) is 4.99 Å². The molecule has 1 aromatic rings. The highest BCUT2D eigenvalue weighted by Gasteiger charge is 2.13. The quantitative estimate of drug-likeness (QED) is 0.286. The van der Waals surface area contributed by atoms with E-state index in [0.29, 0.717) is 0 Å². The Morgan fingerprint density at radius 1 is 1.15 bits per heavy atom. The third kappa shape index (κ3) is 7.80. The molecule has 6 heteroatoms. The molecule has 0 aromatic heterocycles. The molecule has 1 aliphatic rings. The molecular weight excluding hydrogens is 437 g/mol. The predicted molar refractivity (Wildman–Crippen MR) is 123 cm³/mol. The molecule has 0 amide bonds. The summed E-state index contributed by atoms with van der Waals surface area (Å²) in [6, 6.07) is 8.55. The molecule has 1 heterocycles. The molecule has 1 N–H and O–H groups in total. The van der Waals surface area contributed by atoms with Crippen LogP contribution in [0.5, 0.6) is 0 Å². The minimum Gasteiger partial charge on any atom is -0.356 e. The highest BCUT2D eigenvalue weighted by atomic mass is 127. The maximum absolute atomic E-state index is 4.43. The summed E-state index contributed by atoms with van der Waals surface area (Å²) in [6.45, 7) is 10.1. The Morgan fingerprint density at radius 2 is 1.85 bits per heavy atom. The van der Waals surface area contributed by atoms with Crippen molar-refractivity contribution in [1.29, 1.82) is 0 Å². The van der Waals surface area contributed by atoms with Gasteiger partial charge in [0.2, 0.25) is 0 Å². The molecule has 0 radical (unpaired) electrons. The van der Waals surface area contributed by atoms with Gasteiger partial charge in [0.05, 0.1) is 0 Å². The van der Waals surface area contributed by atoms with Gasteiger partial charge in [0, 0.05) is 53.4 Å². The van der Waals surface area contributed by atoms with E-state index in [1.807, 2.05) is 7.05 Å². The number of aryl methyl sites for hydroxylation is 1. The molecule has 2 rings (SSSR count). The van der Waals surface area contributed by atoms with E-state index in [4.69, 9.17) is 0 Å². The number of hydrogen-bond acceptors (Lipinski definition) is 3.